The standard InChI is InChI=1S/C15H13BrN2S/c1-10-14(16)8-13(19-10)9-18-12-4-5-15-11(7-12)3-2-6-17-15/h2-8,18H,9H2,1H3. The molecule has 0 saturated heterocycles. The normalized spacial score (nSPS) is 10.8. The van der Waals surface area contributed by atoms with Crippen LogP contribution in [-0.4, -0.2) is 4.98 Å². The molecule has 2 nitrogen and oxygen atoms in total. The number of rotatable bonds is 3. The Morgan fingerprint density at radius 3 is 2.95 bits per heavy atom. The van der Waals surface area contributed by atoms with Crippen molar-refractivity contribution in [1.82, 2.24) is 4.98 Å². The Morgan fingerprint density at radius 2 is 2.16 bits per heavy atom. The van der Waals surface area contributed by atoms with Gasteiger partial charge in [0.25, 0.3) is 0 Å². The molecule has 1 aromatic carbocycles. The maximum Gasteiger partial charge on any atom is 0.0703 e. The van der Waals surface area contributed by atoms with Crippen LogP contribution in [0.5, 0.6) is 0 Å². The summed E-state index contributed by atoms with van der Waals surface area (Å²) in [7, 11) is 0. The van der Waals surface area contributed by atoms with Gasteiger partial charge in [-0.15, -0.1) is 11.3 Å². The van der Waals surface area contributed by atoms with Crippen LogP contribution in [0.3, 0.4) is 0 Å². The number of halogens is 1. The quantitative estimate of drug-likeness (QED) is 0.731. The fraction of sp³-hybridized carbons (Fsp3) is 0.133. The summed E-state index contributed by atoms with van der Waals surface area (Å²) in [6.07, 6.45) is 1.82. The lowest BCUT2D eigenvalue weighted by molar-refractivity contribution is 1.19. The Kier molecular flexibility index (Phi) is 3.53. The molecule has 0 spiro atoms. The predicted octanol–water partition coefficient (Wildman–Crippen LogP) is 4.98. The molecule has 1 N–H and O–H groups in total. The molecule has 0 atom stereocenters. The number of benzene rings is 1. The van der Waals surface area contributed by atoms with Gasteiger partial charge in [-0.3, -0.25) is 4.98 Å². The lowest BCUT2D eigenvalue weighted by atomic mass is 10.2. The van der Waals surface area contributed by atoms with Gasteiger partial charge in [-0.25, -0.2) is 0 Å². The Morgan fingerprint density at radius 1 is 1.26 bits per heavy atom. The summed E-state index contributed by atoms with van der Waals surface area (Å²) in [6, 6.07) is 12.5. The number of anilines is 1. The summed E-state index contributed by atoms with van der Waals surface area (Å²) in [5, 5.41) is 4.62. The third-order valence-electron chi connectivity index (χ3n) is 2.98. The van der Waals surface area contributed by atoms with Gasteiger partial charge < -0.3 is 5.32 Å². The highest BCUT2D eigenvalue weighted by Gasteiger charge is 2.03. The molecule has 0 amide bonds. The van der Waals surface area contributed by atoms with Crippen molar-refractivity contribution in [3.63, 3.8) is 0 Å². The highest BCUT2D eigenvalue weighted by atomic mass is 79.9. The number of nitrogens with one attached hydrogen (secondary N) is 1. The van der Waals surface area contributed by atoms with E-state index < -0.39 is 0 Å². The lowest BCUT2D eigenvalue weighted by Crippen LogP contribution is -1.97. The highest BCUT2D eigenvalue weighted by molar-refractivity contribution is 9.10. The fourth-order valence-electron chi connectivity index (χ4n) is 1.98. The van der Waals surface area contributed by atoms with Crippen molar-refractivity contribution in [3.05, 3.63) is 56.8 Å². The molecule has 0 bridgehead atoms. The average molecular weight is 333 g/mol. The number of thiophene rings is 1. The first-order valence-corrected chi connectivity index (χ1v) is 7.67. The van der Waals surface area contributed by atoms with Crippen LogP contribution in [-0.2, 0) is 6.54 Å². The minimum Gasteiger partial charge on any atom is -0.380 e. The van der Waals surface area contributed by atoms with Gasteiger partial charge in [-0.2, -0.15) is 0 Å². The minimum atomic E-state index is 0.850. The third-order valence-corrected chi connectivity index (χ3v) is 5.11. The summed E-state index contributed by atoms with van der Waals surface area (Å²) in [5.74, 6) is 0. The molecule has 3 aromatic rings. The largest absolute Gasteiger partial charge is 0.380 e. The van der Waals surface area contributed by atoms with Gasteiger partial charge in [0.2, 0.25) is 0 Å². The topological polar surface area (TPSA) is 24.9 Å². The zero-order valence-electron chi connectivity index (χ0n) is 10.5. The van der Waals surface area contributed by atoms with Crippen molar-refractivity contribution in [2.45, 2.75) is 13.5 Å². The molecule has 3 rings (SSSR count). The number of hydrogen-bond donors (Lipinski definition) is 1. The zero-order chi connectivity index (χ0) is 13.2. The molecule has 0 fully saturated rings. The first-order chi connectivity index (χ1) is 9.22. The van der Waals surface area contributed by atoms with Crippen LogP contribution in [0.2, 0.25) is 0 Å². The number of aryl methyl sites for hydroxylation is 1. The monoisotopic (exact) mass is 332 g/mol. The summed E-state index contributed by atoms with van der Waals surface area (Å²) in [5.41, 5.74) is 2.16. The first-order valence-electron chi connectivity index (χ1n) is 6.06. The van der Waals surface area contributed by atoms with Crippen molar-refractivity contribution in [1.29, 1.82) is 0 Å². The second-order valence-electron chi connectivity index (χ2n) is 4.38. The Balaban J connectivity index is 1.78. The molecule has 0 saturated carbocycles. The molecule has 0 unspecified atom stereocenters. The van der Waals surface area contributed by atoms with E-state index in [2.05, 4.69) is 57.4 Å². The van der Waals surface area contributed by atoms with Crippen LogP contribution in [0.25, 0.3) is 10.9 Å². The van der Waals surface area contributed by atoms with E-state index in [1.807, 2.05) is 29.7 Å². The van der Waals surface area contributed by atoms with E-state index >= 15 is 0 Å². The van der Waals surface area contributed by atoms with Crippen LogP contribution in [0.15, 0.2) is 47.1 Å². The van der Waals surface area contributed by atoms with E-state index in [1.54, 1.807) is 0 Å². The van der Waals surface area contributed by atoms with Gasteiger partial charge in [0.1, 0.15) is 0 Å². The first kappa shape index (κ1) is 12.6. The van der Waals surface area contributed by atoms with Crippen molar-refractivity contribution < 1.29 is 0 Å². The fourth-order valence-corrected chi connectivity index (χ4v) is 3.52. The maximum atomic E-state index is 4.32. The van der Waals surface area contributed by atoms with Crippen molar-refractivity contribution in [3.8, 4) is 0 Å². The van der Waals surface area contributed by atoms with Crippen LogP contribution in [0.4, 0.5) is 5.69 Å². The number of fused-ring (bicyclic) bond motifs is 1. The molecule has 0 radical (unpaired) electrons. The van der Waals surface area contributed by atoms with E-state index in [-0.39, 0.29) is 0 Å². The Hall–Kier alpha value is -1.39. The Bertz CT molecular complexity index is 701. The van der Waals surface area contributed by atoms with Crippen LogP contribution >= 0.6 is 27.3 Å². The van der Waals surface area contributed by atoms with E-state index in [4.69, 9.17) is 0 Å². The lowest BCUT2D eigenvalue weighted by Gasteiger charge is -2.05. The predicted molar refractivity (Wildman–Crippen MR) is 85.8 cm³/mol. The second-order valence-corrected chi connectivity index (χ2v) is 6.58. The number of hydrogen-bond acceptors (Lipinski definition) is 3. The van der Waals surface area contributed by atoms with Crippen molar-refractivity contribution >= 4 is 43.9 Å². The molecular weight excluding hydrogens is 320 g/mol. The third kappa shape index (κ3) is 2.80. The van der Waals surface area contributed by atoms with Gasteiger partial charge in [0.05, 0.1) is 5.52 Å². The van der Waals surface area contributed by atoms with Gasteiger partial charge in [0, 0.05) is 38.0 Å². The molecule has 4 heteroatoms. The van der Waals surface area contributed by atoms with E-state index in [1.165, 1.54) is 14.2 Å². The smallest absolute Gasteiger partial charge is 0.0703 e. The maximum absolute atomic E-state index is 4.32. The van der Waals surface area contributed by atoms with Crippen LogP contribution in [0.1, 0.15) is 9.75 Å². The number of aromatic nitrogens is 1. The molecule has 0 aliphatic carbocycles. The molecule has 19 heavy (non-hydrogen) atoms. The van der Waals surface area contributed by atoms with Gasteiger partial charge >= 0.3 is 0 Å². The zero-order valence-corrected chi connectivity index (χ0v) is 12.9. The molecule has 0 aliphatic rings. The van der Waals surface area contributed by atoms with E-state index in [9.17, 15) is 0 Å². The summed E-state index contributed by atoms with van der Waals surface area (Å²) in [4.78, 5) is 6.97. The highest BCUT2D eigenvalue weighted by Crippen LogP contribution is 2.27. The van der Waals surface area contributed by atoms with Crippen LogP contribution in [0, 0.1) is 6.92 Å². The summed E-state index contributed by atoms with van der Waals surface area (Å²) in [6.45, 7) is 2.98. The molecule has 2 aromatic heterocycles. The van der Waals surface area contributed by atoms with Gasteiger partial charge in [0.15, 0.2) is 0 Å². The minimum absolute atomic E-state index is 0.850. The van der Waals surface area contributed by atoms with Crippen LogP contribution < -0.4 is 5.32 Å². The van der Waals surface area contributed by atoms with Gasteiger partial charge in [-0.05, 0) is 53.2 Å². The van der Waals surface area contributed by atoms with Gasteiger partial charge in [-0.1, -0.05) is 6.07 Å². The average Bonchev–Trinajstić information content (AvgIpc) is 2.75. The SMILES string of the molecule is Cc1sc(CNc2ccc3ncccc3c2)cc1Br. The number of nitrogens with zero attached hydrogens (tertiary/aromatic N) is 1. The molecule has 2 heterocycles. The summed E-state index contributed by atoms with van der Waals surface area (Å²) < 4.78 is 1.19. The number of pyridine rings is 1. The summed E-state index contributed by atoms with van der Waals surface area (Å²) >= 11 is 5.36. The van der Waals surface area contributed by atoms with E-state index in [0.717, 1.165) is 23.1 Å². The van der Waals surface area contributed by atoms with Crippen molar-refractivity contribution in [2.75, 3.05) is 5.32 Å². The van der Waals surface area contributed by atoms with E-state index in [0.29, 0.717) is 0 Å². The second kappa shape index (κ2) is 5.31. The Labute approximate surface area is 124 Å². The van der Waals surface area contributed by atoms with Crippen molar-refractivity contribution in [2.24, 2.45) is 0 Å². The molecule has 96 valence electrons. The molecular formula is C15H13BrN2S. The molecule has 0 aliphatic heterocycles.